The van der Waals surface area contributed by atoms with E-state index in [1.165, 1.54) is 0 Å². The minimum atomic E-state index is -0.0409. The second-order valence-corrected chi connectivity index (χ2v) is 8.11. The van der Waals surface area contributed by atoms with Crippen molar-refractivity contribution in [2.24, 2.45) is 5.92 Å². The van der Waals surface area contributed by atoms with Gasteiger partial charge in [0.25, 0.3) is 5.91 Å². The van der Waals surface area contributed by atoms with Gasteiger partial charge in [-0.1, -0.05) is 18.2 Å². The number of para-hydroxylation sites is 1. The summed E-state index contributed by atoms with van der Waals surface area (Å²) in [5, 5.41) is 0. The van der Waals surface area contributed by atoms with Crippen molar-refractivity contribution in [1.29, 1.82) is 0 Å². The number of rotatable bonds is 5. The first-order chi connectivity index (χ1) is 15.2. The van der Waals surface area contributed by atoms with Gasteiger partial charge in [-0.25, -0.2) is 0 Å². The smallest absolute Gasteiger partial charge is 0.257 e. The number of hydrogen-bond donors (Lipinski definition) is 0. The number of carbonyl (C=O) groups is 2. The van der Waals surface area contributed by atoms with Crippen LogP contribution in [0.4, 0.5) is 0 Å². The average Bonchev–Trinajstić information content (AvgIpc) is 3.47. The summed E-state index contributed by atoms with van der Waals surface area (Å²) in [6.45, 7) is 4.86. The quantitative estimate of drug-likeness (QED) is 0.741. The van der Waals surface area contributed by atoms with E-state index in [0.717, 1.165) is 23.5 Å². The van der Waals surface area contributed by atoms with Crippen molar-refractivity contribution in [3.8, 4) is 17.2 Å². The molecule has 0 radical (unpaired) electrons. The maximum Gasteiger partial charge on any atom is 0.257 e. The van der Waals surface area contributed by atoms with Crippen LogP contribution in [0.15, 0.2) is 42.5 Å². The third-order valence-corrected chi connectivity index (χ3v) is 6.23. The van der Waals surface area contributed by atoms with Crippen molar-refractivity contribution < 1.29 is 23.8 Å². The fraction of sp³-hybridized carbons (Fsp3) is 0.417. The SMILES string of the molecule is CCOc1ccccc1C(=O)N1CCN(C(=O)[C@@H]2C[C@@H]2c2ccc3c(c2)OCO3)CC1. The van der Waals surface area contributed by atoms with Gasteiger partial charge < -0.3 is 24.0 Å². The number of benzene rings is 2. The first-order valence-electron chi connectivity index (χ1n) is 10.8. The first-order valence-corrected chi connectivity index (χ1v) is 10.8. The predicted molar refractivity (Wildman–Crippen MR) is 114 cm³/mol. The van der Waals surface area contributed by atoms with Gasteiger partial charge in [0.2, 0.25) is 12.7 Å². The molecule has 1 aliphatic carbocycles. The van der Waals surface area contributed by atoms with Crippen molar-refractivity contribution >= 4 is 11.8 Å². The highest BCUT2D eigenvalue weighted by Crippen LogP contribution is 2.50. The Labute approximate surface area is 181 Å². The number of fused-ring (bicyclic) bond motifs is 1. The molecule has 3 aliphatic rings. The molecule has 0 aromatic heterocycles. The molecule has 162 valence electrons. The molecule has 1 saturated heterocycles. The Balaban J connectivity index is 1.18. The molecule has 2 aromatic carbocycles. The molecule has 0 bridgehead atoms. The van der Waals surface area contributed by atoms with Gasteiger partial charge in [-0.2, -0.15) is 0 Å². The number of amides is 2. The Hall–Kier alpha value is -3.22. The normalized spacial score (nSPS) is 21.7. The maximum atomic E-state index is 13.0. The van der Waals surface area contributed by atoms with Gasteiger partial charge in [-0.3, -0.25) is 9.59 Å². The minimum Gasteiger partial charge on any atom is -0.493 e. The van der Waals surface area contributed by atoms with Crippen LogP contribution in [0.25, 0.3) is 0 Å². The number of piperazine rings is 1. The molecule has 2 heterocycles. The van der Waals surface area contributed by atoms with E-state index in [1.807, 2.05) is 53.1 Å². The summed E-state index contributed by atoms with van der Waals surface area (Å²) in [7, 11) is 0. The monoisotopic (exact) mass is 422 g/mol. The summed E-state index contributed by atoms with van der Waals surface area (Å²) in [4.78, 5) is 29.7. The molecule has 2 aromatic rings. The zero-order chi connectivity index (χ0) is 21.4. The predicted octanol–water partition coefficient (Wildman–Crippen LogP) is 2.90. The lowest BCUT2D eigenvalue weighted by Gasteiger charge is -2.35. The number of nitrogens with zero attached hydrogens (tertiary/aromatic N) is 2. The molecule has 2 aliphatic heterocycles. The lowest BCUT2D eigenvalue weighted by Crippen LogP contribution is -2.51. The molecule has 2 fully saturated rings. The molecule has 7 heteroatoms. The van der Waals surface area contributed by atoms with Crippen molar-refractivity contribution in [3.05, 3.63) is 53.6 Å². The zero-order valence-corrected chi connectivity index (χ0v) is 17.6. The van der Waals surface area contributed by atoms with Gasteiger partial charge in [0, 0.05) is 32.1 Å². The summed E-state index contributed by atoms with van der Waals surface area (Å²) >= 11 is 0. The molecule has 7 nitrogen and oxygen atoms in total. The Morgan fingerprint density at radius 1 is 1.00 bits per heavy atom. The van der Waals surface area contributed by atoms with E-state index in [-0.39, 0.29) is 30.4 Å². The van der Waals surface area contributed by atoms with Crippen LogP contribution >= 0.6 is 0 Å². The van der Waals surface area contributed by atoms with Gasteiger partial charge in [0.15, 0.2) is 11.5 Å². The number of hydrogen-bond acceptors (Lipinski definition) is 5. The van der Waals surface area contributed by atoms with Crippen LogP contribution < -0.4 is 14.2 Å². The van der Waals surface area contributed by atoms with Crippen LogP contribution in [0.5, 0.6) is 17.2 Å². The van der Waals surface area contributed by atoms with E-state index < -0.39 is 0 Å². The molecule has 31 heavy (non-hydrogen) atoms. The molecule has 0 spiro atoms. The zero-order valence-electron chi connectivity index (χ0n) is 17.6. The van der Waals surface area contributed by atoms with Crippen LogP contribution in [0, 0.1) is 5.92 Å². The van der Waals surface area contributed by atoms with E-state index in [1.54, 1.807) is 6.07 Å². The van der Waals surface area contributed by atoms with Gasteiger partial charge in [-0.05, 0) is 49.1 Å². The van der Waals surface area contributed by atoms with E-state index in [9.17, 15) is 9.59 Å². The Bertz CT molecular complexity index is 999. The summed E-state index contributed by atoms with van der Waals surface area (Å²) in [5.41, 5.74) is 1.71. The molecule has 0 N–H and O–H groups in total. The van der Waals surface area contributed by atoms with Crippen LogP contribution in [0.2, 0.25) is 0 Å². The molecule has 0 unspecified atom stereocenters. The Kier molecular flexibility index (Phi) is 5.18. The van der Waals surface area contributed by atoms with E-state index in [4.69, 9.17) is 14.2 Å². The third-order valence-electron chi connectivity index (χ3n) is 6.23. The van der Waals surface area contributed by atoms with Gasteiger partial charge in [0.1, 0.15) is 5.75 Å². The third kappa shape index (κ3) is 3.80. The van der Waals surface area contributed by atoms with E-state index in [0.29, 0.717) is 44.1 Å². The fourth-order valence-corrected chi connectivity index (χ4v) is 4.44. The van der Waals surface area contributed by atoms with Crippen LogP contribution in [-0.4, -0.2) is 61.2 Å². The van der Waals surface area contributed by atoms with Crippen molar-refractivity contribution in [3.63, 3.8) is 0 Å². The standard InChI is InChI=1S/C24H26N2O5/c1-2-29-20-6-4-3-5-17(20)23(27)25-9-11-26(12-10-25)24(28)19-14-18(19)16-7-8-21-22(13-16)31-15-30-21/h3-8,13,18-19H,2,9-12,14-15H2,1H3/t18-,19-/m1/s1. The summed E-state index contributed by atoms with van der Waals surface area (Å²) < 4.78 is 16.4. The van der Waals surface area contributed by atoms with E-state index in [2.05, 4.69) is 0 Å². The van der Waals surface area contributed by atoms with Gasteiger partial charge in [-0.15, -0.1) is 0 Å². The van der Waals surface area contributed by atoms with Gasteiger partial charge in [0.05, 0.1) is 12.2 Å². The molecule has 2 atom stereocenters. The lowest BCUT2D eigenvalue weighted by atomic mass is 10.1. The minimum absolute atomic E-state index is 0.0151. The Morgan fingerprint density at radius 2 is 1.74 bits per heavy atom. The van der Waals surface area contributed by atoms with Crippen molar-refractivity contribution in [2.45, 2.75) is 19.3 Å². The molecular weight excluding hydrogens is 396 g/mol. The number of carbonyl (C=O) groups excluding carboxylic acids is 2. The number of ether oxygens (including phenoxy) is 3. The second kappa shape index (κ2) is 8.13. The Morgan fingerprint density at radius 3 is 2.55 bits per heavy atom. The highest BCUT2D eigenvalue weighted by atomic mass is 16.7. The van der Waals surface area contributed by atoms with Crippen molar-refractivity contribution in [2.75, 3.05) is 39.6 Å². The van der Waals surface area contributed by atoms with Crippen LogP contribution in [-0.2, 0) is 4.79 Å². The second-order valence-electron chi connectivity index (χ2n) is 8.11. The summed E-state index contributed by atoms with van der Waals surface area (Å²) in [6.07, 6.45) is 0.860. The van der Waals surface area contributed by atoms with Crippen LogP contribution in [0.3, 0.4) is 0 Å². The average molecular weight is 422 g/mol. The molecular formula is C24H26N2O5. The van der Waals surface area contributed by atoms with E-state index >= 15 is 0 Å². The van der Waals surface area contributed by atoms with Crippen molar-refractivity contribution in [1.82, 2.24) is 9.80 Å². The topological polar surface area (TPSA) is 68.3 Å². The largest absolute Gasteiger partial charge is 0.493 e. The molecule has 1 saturated carbocycles. The fourth-order valence-electron chi connectivity index (χ4n) is 4.44. The van der Waals surface area contributed by atoms with Crippen LogP contribution in [0.1, 0.15) is 35.2 Å². The highest BCUT2D eigenvalue weighted by molar-refractivity contribution is 5.97. The van der Waals surface area contributed by atoms with Gasteiger partial charge >= 0.3 is 0 Å². The molecule has 5 rings (SSSR count). The maximum absolute atomic E-state index is 13.0. The molecule has 2 amide bonds. The highest BCUT2D eigenvalue weighted by Gasteiger charge is 2.46. The first kappa shape index (κ1) is 19.7. The lowest BCUT2D eigenvalue weighted by molar-refractivity contribution is -0.134. The summed E-state index contributed by atoms with van der Waals surface area (Å²) in [5.74, 6) is 2.53. The summed E-state index contributed by atoms with van der Waals surface area (Å²) in [6, 6.07) is 13.3.